The predicted octanol–water partition coefficient (Wildman–Crippen LogP) is 1.42. The number of aryl methyl sites for hydroxylation is 2. The summed E-state index contributed by atoms with van der Waals surface area (Å²) in [7, 11) is 2.06. The normalized spacial score (nSPS) is 16.3. The zero-order valence-electron chi connectivity index (χ0n) is 11.4. The Balaban J connectivity index is 1.94. The zero-order valence-corrected chi connectivity index (χ0v) is 11.4. The second kappa shape index (κ2) is 4.70. The second-order valence-corrected chi connectivity index (χ2v) is 5.28. The fourth-order valence-electron chi connectivity index (χ4n) is 2.72. The highest BCUT2D eigenvalue weighted by atomic mass is 16.2. The minimum Gasteiger partial charge on any atom is -0.350 e. The van der Waals surface area contributed by atoms with E-state index in [4.69, 9.17) is 0 Å². The Labute approximate surface area is 113 Å². The number of nitrogens with zero attached hydrogens (tertiary/aromatic N) is 2. The largest absolute Gasteiger partial charge is 0.350 e. The maximum Gasteiger partial charge on any atom is 0.236 e. The molecule has 0 radical (unpaired) electrons. The third kappa shape index (κ3) is 2.24. The molecule has 0 saturated carbocycles. The van der Waals surface area contributed by atoms with Gasteiger partial charge in [0.05, 0.1) is 6.54 Å². The number of piperazine rings is 1. The van der Waals surface area contributed by atoms with Gasteiger partial charge >= 0.3 is 0 Å². The number of carbonyl (C=O) groups excluding carboxylic acids is 1. The van der Waals surface area contributed by atoms with E-state index in [1.54, 1.807) is 0 Å². The van der Waals surface area contributed by atoms with E-state index in [9.17, 15) is 4.79 Å². The van der Waals surface area contributed by atoms with Crippen molar-refractivity contribution in [3.8, 4) is 0 Å². The smallest absolute Gasteiger partial charge is 0.236 e. The van der Waals surface area contributed by atoms with E-state index in [2.05, 4.69) is 48.3 Å². The van der Waals surface area contributed by atoms with Crippen molar-refractivity contribution in [2.45, 2.75) is 13.5 Å². The lowest BCUT2D eigenvalue weighted by atomic mass is 10.1. The number of rotatable bonds is 2. The number of hydrogen-bond donors (Lipinski definition) is 1. The maximum absolute atomic E-state index is 11.9. The molecule has 0 bridgehead atoms. The third-order valence-electron chi connectivity index (χ3n) is 3.78. The summed E-state index contributed by atoms with van der Waals surface area (Å²) in [6.45, 7) is 4.95. The monoisotopic (exact) mass is 257 g/mol. The Morgan fingerprint density at radius 1 is 1.37 bits per heavy atom. The second-order valence-electron chi connectivity index (χ2n) is 5.28. The van der Waals surface area contributed by atoms with Crippen LogP contribution in [0.2, 0.25) is 0 Å². The molecule has 3 rings (SSSR count). The van der Waals surface area contributed by atoms with Crippen LogP contribution in [0.1, 0.15) is 11.1 Å². The summed E-state index contributed by atoms with van der Waals surface area (Å²) < 4.78 is 2.14. The molecule has 2 aromatic rings. The van der Waals surface area contributed by atoms with E-state index in [0.29, 0.717) is 13.1 Å². The molecule has 4 heteroatoms. The van der Waals surface area contributed by atoms with Gasteiger partial charge in [0.2, 0.25) is 5.91 Å². The SMILES string of the molecule is Cc1ccc2c(CN3CCNCC3=O)cn(C)c2c1. The standard InChI is InChI=1S/C15H19N3O/c1-11-3-4-13-12(9-17(2)14(13)7-11)10-18-6-5-16-8-15(18)19/h3-4,7,9,16H,5-6,8,10H2,1-2H3. The molecule has 100 valence electrons. The fourth-order valence-corrected chi connectivity index (χ4v) is 2.72. The van der Waals surface area contributed by atoms with Gasteiger partial charge in [-0.3, -0.25) is 4.79 Å². The quantitative estimate of drug-likeness (QED) is 0.883. The molecule has 1 aliphatic rings. The fraction of sp³-hybridized carbons (Fsp3) is 0.400. The van der Waals surface area contributed by atoms with Crippen molar-refractivity contribution in [2.75, 3.05) is 19.6 Å². The predicted molar refractivity (Wildman–Crippen MR) is 75.9 cm³/mol. The van der Waals surface area contributed by atoms with Gasteiger partial charge in [0, 0.05) is 43.8 Å². The number of amides is 1. The van der Waals surface area contributed by atoms with Gasteiger partial charge < -0.3 is 14.8 Å². The van der Waals surface area contributed by atoms with Gasteiger partial charge in [-0.25, -0.2) is 0 Å². The average Bonchev–Trinajstić information content (AvgIpc) is 2.69. The summed E-state index contributed by atoms with van der Waals surface area (Å²) in [6, 6.07) is 6.48. The number of hydrogen-bond acceptors (Lipinski definition) is 2. The first-order valence-electron chi connectivity index (χ1n) is 6.68. The molecular formula is C15H19N3O. The highest BCUT2D eigenvalue weighted by Crippen LogP contribution is 2.23. The van der Waals surface area contributed by atoms with Crippen LogP contribution in [0.25, 0.3) is 10.9 Å². The number of fused-ring (bicyclic) bond motifs is 1. The van der Waals surface area contributed by atoms with Gasteiger partial charge in [-0.1, -0.05) is 12.1 Å². The van der Waals surface area contributed by atoms with E-state index in [1.165, 1.54) is 22.0 Å². The minimum atomic E-state index is 0.190. The highest BCUT2D eigenvalue weighted by Gasteiger charge is 2.19. The number of aromatic nitrogens is 1. The van der Waals surface area contributed by atoms with E-state index in [0.717, 1.165) is 13.1 Å². The Kier molecular flexibility index (Phi) is 3.03. The topological polar surface area (TPSA) is 37.3 Å². The van der Waals surface area contributed by atoms with E-state index in [1.807, 2.05) is 4.90 Å². The molecule has 0 atom stereocenters. The molecule has 1 fully saturated rings. The van der Waals surface area contributed by atoms with E-state index in [-0.39, 0.29) is 5.91 Å². The van der Waals surface area contributed by atoms with Crippen molar-refractivity contribution < 1.29 is 4.79 Å². The van der Waals surface area contributed by atoms with Crippen LogP contribution < -0.4 is 5.32 Å². The van der Waals surface area contributed by atoms with Gasteiger partial charge in [-0.15, -0.1) is 0 Å². The lowest BCUT2D eigenvalue weighted by Crippen LogP contribution is -2.47. The maximum atomic E-state index is 11.9. The molecule has 1 aromatic heterocycles. The lowest BCUT2D eigenvalue weighted by Gasteiger charge is -2.27. The minimum absolute atomic E-state index is 0.190. The lowest BCUT2D eigenvalue weighted by molar-refractivity contribution is -0.132. The van der Waals surface area contributed by atoms with Crippen molar-refractivity contribution in [3.63, 3.8) is 0 Å². The first-order chi connectivity index (χ1) is 9.15. The van der Waals surface area contributed by atoms with E-state index < -0.39 is 0 Å². The van der Waals surface area contributed by atoms with Crippen molar-refractivity contribution in [1.29, 1.82) is 0 Å². The Hall–Kier alpha value is -1.81. The summed E-state index contributed by atoms with van der Waals surface area (Å²) >= 11 is 0. The van der Waals surface area contributed by atoms with Crippen molar-refractivity contribution >= 4 is 16.8 Å². The molecule has 1 N–H and O–H groups in total. The summed E-state index contributed by atoms with van der Waals surface area (Å²) in [6.07, 6.45) is 2.14. The molecule has 1 aromatic carbocycles. The van der Waals surface area contributed by atoms with Gasteiger partial charge in [0.25, 0.3) is 0 Å². The Morgan fingerprint density at radius 3 is 3.00 bits per heavy atom. The van der Waals surface area contributed by atoms with Crippen LogP contribution >= 0.6 is 0 Å². The van der Waals surface area contributed by atoms with Crippen LogP contribution in [0.15, 0.2) is 24.4 Å². The molecule has 1 saturated heterocycles. The van der Waals surface area contributed by atoms with Crippen molar-refractivity contribution in [3.05, 3.63) is 35.5 Å². The number of benzene rings is 1. The molecule has 4 nitrogen and oxygen atoms in total. The summed E-state index contributed by atoms with van der Waals surface area (Å²) in [5, 5.41) is 4.35. The Morgan fingerprint density at radius 2 is 2.21 bits per heavy atom. The summed E-state index contributed by atoms with van der Waals surface area (Å²) in [5.74, 6) is 0.190. The molecule has 19 heavy (non-hydrogen) atoms. The Bertz CT molecular complexity index is 630. The zero-order chi connectivity index (χ0) is 13.4. The van der Waals surface area contributed by atoms with Gasteiger partial charge in [-0.2, -0.15) is 0 Å². The van der Waals surface area contributed by atoms with Gasteiger partial charge in [-0.05, 0) is 24.1 Å². The van der Waals surface area contributed by atoms with Gasteiger partial charge in [0.15, 0.2) is 0 Å². The van der Waals surface area contributed by atoms with Crippen LogP contribution in [-0.2, 0) is 18.4 Å². The molecule has 0 unspecified atom stereocenters. The molecule has 2 heterocycles. The van der Waals surface area contributed by atoms with Crippen LogP contribution in [0.5, 0.6) is 0 Å². The van der Waals surface area contributed by atoms with Crippen LogP contribution in [0.4, 0.5) is 0 Å². The average molecular weight is 257 g/mol. The van der Waals surface area contributed by atoms with Crippen molar-refractivity contribution in [2.24, 2.45) is 7.05 Å². The van der Waals surface area contributed by atoms with E-state index >= 15 is 0 Å². The first-order valence-corrected chi connectivity index (χ1v) is 6.68. The first kappa shape index (κ1) is 12.2. The van der Waals surface area contributed by atoms with Crippen LogP contribution in [0.3, 0.4) is 0 Å². The number of nitrogens with one attached hydrogen (secondary N) is 1. The third-order valence-corrected chi connectivity index (χ3v) is 3.78. The molecular weight excluding hydrogens is 238 g/mol. The van der Waals surface area contributed by atoms with Crippen LogP contribution in [0, 0.1) is 6.92 Å². The summed E-state index contributed by atoms with van der Waals surface area (Å²) in [4.78, 5) is 13.8. The van der Waals surface area contributed by atoms with Crippen molar-refractivity contribution in [1.82, 2.24) is 14.8 Å². The molecule has 1 aliphatic heterocycles. The molecule has 0 aliphatic carbocycles. The number of carbonyl (C=O) groups is 1. The van der Waals surface area contributed by atoms with Crippen LogP contribution in [-0.4, -0.2) is 35.0 Å². The molecule has 1 amide bonds. The highest BCUT2D eigenvalue weighted by molar-refractivity contribution is 5.85. The summed E-state index contributed by atoms with van der Waals surface area (Å²) in [5.41, 5.74) is 3.73. The van der Waals surface area contributed by atoms with Gasteiger partial charge in [0.1, 0.15) is 0 Å². The molecule has 0 spiro atoms.